The maximum Gasteiger partial charge on any atom is 0.258 e. The molecule has 2 aromatic rings. The third-order valence-corrected chi connectivity index (χ3v) is 3.95. The number of allylic oxidation sites excluding steroid dienone is 2. The number of pyridine rings is 1. The van der Waals surface area contributed by atoms with Crippen molar-refractivity contribution >= 4 is 11.0 Å². The third kappa shape index (κ3) is 2.94. The van der Waals surface area contributed by atoms with E-state index in [9.17, 15) is 0 Å². The Kier molecular flexibility index (Phi) is 4.07. The Bertz CT molecular complexity index is 769. The van der Waals surface area contributed by atoms with E-state index in [1.54, 1.807) is 12.3 Å². The first-order chi connectivity index (χ1) is 10.8. The van der Waals surface area contributed by atoms with Crippen LogP contribution in [0.25, 0.3) is 15.9 Å². The summed E-state index contributed by atoms with van der Waals surface area (Å²) in [7, 11) is 0. The van der Waals surface area contributed by atoms with Crippen molar-refractivity contribution < 1.29 is 4.74 Å². The Hall–Kier alpha value is -2.79. The Balaban J connectivity index is 1.84. The van der Waals surface area contributed by atoms with Crippen molar-refractivity contribution in [3.8, 4) is 11.8 Å². The van der Waals surface area contributed by atoms with Gasteiger partial charge in [-0.25, -0.2) is 15.1 Å². The van der Waals surface area contributed by atoms with Crippen LogP contribution in [-0.4, -0.2) is 16.1 Å². The first-order valence-electron chi connectivity index (χ1n) is 7.40. The highest BCUT2D eigenvalue weighted by Gasteiger charge is 2.17. The van der Waals surface area contributed by atoms with E-state index in [-0.39, 0.29) is 5.70 Å². The van der Waals surface area contributed by atoms with Gasteiger partial charge < -0.3 is 9.72 Å². The van der Waals surface area contributed by atoms with E-state index in [1.807, 2.05) is 18.3 Å². The summed E-state index contributed by atoms with van der Waals surface area (Å²) in [5.41, 5.74) is 1.92. The molecule has 0 aromatic carbocycles. The standard InChI is InChI=1S/C17H16N4O/c1-19-13(9-18)7-6-12-10-20-17-16(12)8-15(11-21-17)22-14-4-2-3-5-14/h7-8,10-11,14H,2-6H2,(H,20,21)/b13-7-. The average Bonchev–Trinajstić information content (AvgIpc) is 3.18. The number of rotatable bonds is 4. The number of nitrogens with zero attached hydrogens (tertiary/aromatic N) is 3. The van der Waals surface area contributed by atoms with Gasteiger partial charge in [-0.15, -0.1) is 0 Å². The van der Waals surface area contributed by atoms with Crippen LogP contribution < -0.4 is 4.74 Å². The SMILES string of the molecule is [C-]#[N+]/C(C#N)=C\Cc1c[nH]c2ncc(OC3CCCC3)cc12. The van der Waals surface area contributed by atoms with Crippen LogP contribution in [0.4, 0.5) is 0 Å². The van der Waals surface area contributed by atoms with E-state index < -0.39 is 0 Å². The lowest BCUT2D eigenvalue weighted by atomic mass is 10.1. The van der Waals surface area contributed by atoms with Crippen molar-refractivity contribution in [3.05, 3.63) is 47.2 Å². The van der Waals surface area contributed by atoms with Gasteiger partial charge in [0.2, 0.25) is 0 Å². The molecule has 1 aliphatic rings. The second-order valence-electron chi connectivity index (χ2n) is 5.42. The zero-order chi connectivity index (χ0) is 15.4. The molecule has 5 nitrogen and oxygen atoms in total. The number of hydrogen-bond donors (Lipinski definition) is 1. The van der Waals surface area contributed by atoms with E-state index in [0.29, 0.717) is 12.5 Å². The molecule has 0 atom stereocenters. The van der Waals surface area contributed by atoms with Crippen molar-refractivity contribution in [3.63, 3.8) is 0 Å². The molecule has 0 amide bonds. The summed E-state index contributed by atoms with van der Waals surface area (Å²) in [4.78, 5) is 10.7. The molecule has 0 unspecified atom stereocenters. The van der Waals surface area contributed by atoms with Crippen LogP contribution in [0.15, 0.2) is 30.2 Å². The lowest BCUT2D eigenvalue weighted by Crippen LogP contribution is -2.10. The minimum Gasteiger partial charge on any atom is -0.489 e. The number of nitrogens with one attached hydrogen (secondary N) is 1. The van der Waals surface area contributed by atoms with Gasteiger partial charge in [0.05, 0.1) is 24.9 Å². The zero-order valence-corrected chi connectivity index (χ0v) is 12.2. The molecule has 1 fully saturated rings. The number of ether oxygens (including phenoxy) is 1. The van der Waals surface area contributed by atoms with Crippen LogP contribution >= 0.6 is 0 Å². The maximum absolute atomic E-state index is 8.80. The molecule has 0 aliphatic heterocycles. The molecule has 3 rings (SSSR count). The van der Waals surface area contributed by atoms with E-state index in [4.69, 9.17) is 16.6 Å². The van der Waals surface area contributed by atoms with Gasteiger partial charge in [0.15, 0.2) is 0 Å². The number of hydrogen-bond acceptors (Lipinski definition) is 3. The van der Waals surface area contributed by atoms with Gasteiger partial charge in [-0.2, -0.15) is 0 Å². The number of nitriles is 1. The van der Waals surface area contributed by atoms with Gasteiger partial charge in [-0.1, -0.05) is 6.08 Å². The van der Waals surface area contributed by atoms with Gasteiger partial charge in [0, 0.05) is 11.6 Å². The highest BCUT2D eigenvalue weighted by Crippen LogP contribution is 2.27. The summed E-state index contributed by atoms with van der Waals surface area (Å²) in [5, 5.41) is 9.78. The second-order valence-corrected chi connectivity index (χ2v) is 5.42. The fraction of sp³-hybridized carbons (Fsp3) is 0.353. The molecule has 5 heteroatoms. The largest absolute Gasteiger partial charge is 0.489 e. The minimum atomic E-state index is 0.112. The maximum atomic E-state index is 8.80. The monoisotopic (exact) mass is 292 g/mol. The first kappa shape index (κ1) is 14.2. The fourth-order valence-corrected chi connectivity index (χ4v) is 2.79. The molecule has 0 bridgehead atoms. The van der Waals surface area contributed by atoms with Gasteiger partial charge in [-0.3, -0.25) is 0 Å². The predicted molar refractivity (Wildman–Crippen MR) is 83.0 cm³/mol. The highest BCUT2D eigenvalue weighted by atomic mass is 16.5. The van der Waals surface area contributed by atoms with Gasteiger partial charge in [-0.05, 0) is 43.7 Å². The molecule has 0 spiro atoms. The number of H-pyrrole nitrogens is 1. The zero-order valence-electron chi connectivity index (χ0n) is 12.2. The molecule has 2 aromatic heterocycles. The summed E-state index contributed by atoms with van der Waals surface area (Å²) >= 11 is 0. The quantitative estimate of drug-likeness (QED) is 0.689. The number of fused-ring (bicyclic) bond motifs is 1. The molecule has 1 saturated carbocycles. The predicted octanol–water partition coefficient (Wildman–Crippen LogP) is 3.75. The molecule has 1 aliphatic carbocycles. The van der Waals surface area contributed by atoms with Gasteiger partial charge >= 0.3 is 0 Å². The number of aromatic nitrogens is 2. The van der Waals surface area contributed by atoms with Gasteiger partial charge in [0.1, 0.15) is 11.4 Å². The molecule has 1 N–H and O–H groups in total. The van der Waals surface area contributed by atoms with Crippen LogP contribution in [0.5, 0.6) is 5.75 Å². The van der Waals surface area contributed by atoms with Crippen molar-refractivity contribution in [1.29, 1.82) is 5.26 Å². The summed E-state index contributed by atoms with van der Waals surface area (Å²) < 4.78 is 5.98. The molecule has 0 radical (unpaired) electrons. The molecule has 22 heavy (non-hydrogen) atoms. The van der Waals surface area contributed by atoms with Crippen molar-refractivity contribution in [2.45, 2.75) is 38.2 Å². The van der Waals surface area contributed by atoms with Gasteiger partial charge in [0.25, 0.3) is 5.70 Å². The Labute approximate surface area is 129 Å². The smallest absolute Gasteiger partial charge is 0.258 e. The van der Waals surface area contributed by atoms with E-state index >= 15 is 0 Å². The Morgan fingerprint density at radius 2 is 2.36 bits per heavy atom. The summed E-state index contributed by atoms with van der Waals surface area (Å²) in [6, 6.07) is 3.87. The topological polar surface area (TPSA) is 66.1 Å². The molecular formula is C17H16N4O. The third-order valence-electron chi connectivity index (χ3n) is 3.95. The van der Waals surface area contributed by atoms with Crippen LogP contribution in [0.3, 0.4) is 0 Å². The second kappa shape index (κ2) is 6.32. The highest BCUT2D eigenvalue weighted by molar-refractivity contribution is 5.81. The van der Waals surface area contributed by atoms with Crippen molar-refractivity contribution in [1.82, 2.24) is 9.97 Å². The van der Waals surface area contributed by atoms with Crippen molar-refractivity contribution in [2.75, 3.05) is 0 Å². The lowest BCUT2D eigenvalue weighted by molar-refractivity contribution is 0.209. The Morgan fingerprint density at radius 3 is 3.09 bits per heavy atom. The van der Waals surface area contributed by atoms with Crippen LogP contribution in [0.1, 0.15) is 31.2 Å². The molecular weight excluding hydrogens is 276 g/mol. The number of aromatic amines is 1. The van der Waals surface area contributed by atoms with Crippen molar-refractivity contribution in [2.24, 2.45) is 0 Å². The molecule has 0 saturated heterocycles. The minimum absolute atomic E-state index is 0.112. The molecule has 2 heterocycles. The van der Waals surface area contributed by atoms with E-state index in [1.165, 1.54) is 12.8 Å². The summed E-state index contributed by atoms with van der Waals surface area (Å²) in [6.07, 6.45) is 10.8. The van der Waals surface area contributed by atoms with E-state index in [0.717, 1.165) is 35.2 Å². The normalized spacial score (nSPS) is 15.6. The van der Waals surface area contributed by atoms with E-state index in [2.05, 4.69) is 14.8 Å². The van der Waals surface area contributed by atoms with Crippen LogP contribution in [0, 0.1) is 17.9 Å². The average molecular weight is 292 g/mol. The van der Waals surface area contributed by atoms with Crippen LogP contribution in [0.2, 0.25) is 0 Å². The summed E-state index contributed by atoms with van der Waals surface area (Å²) in [5.74, 6) is 0.787. The fourth-order valence-electron chi connectivity index (χ4n) is 2.79. The molecule has 110 valence electrons. The first-order valence-corrected chi connectivity index (χ1v) is 7.40. The lowest BCUT2D eigenvalue weighted by Gasteiger charge is -2.12. The summed E-state index contributed by atoms with van der Waals surface area (Å²) in [6.45, 7) is 6.91. The Morgan fingerprint density at radius 1 is 1.55 bits per heavy atom. The van der Waals surface area contributed by atoms with Crippen LogP contribution in [-0.2, 0) is 6.42 Å².